The zero-order chi connectivity index (χ0) is 12.4. The van der Waals surface area contributed by atoms with E-state index >= 15 is 0 Å². The standard InChI is InChI=1S/C9H10BrN5O2/c1-2-13-4-3-11-8(13)6-14-5-7(10)9(12-14)15(16)17/h3-5H,2,6H2,1H3. The molecule has 0 aromatic carbocycles. The number of hydrogen-bond acceptors (Lipinski definition) is 4. The van der Waals surface area contributed by atoms with Crippen molar-refractivity contribution >= 4 is 21.7 Å². The normalized spacial score (nSPS) is 10.7. The van der Waals surface area contributed by atoms with Crippen LogP contribution in [-0.2, 0) is 13.1 Å². The summed E-state index contributed by atoms with van der Waals surface area (Å²) < 4.78 is 3.83. The van der Waals surface area contributed by atoms with E-state index < -0.39 is 4.92 Å². The molecule has 0 N–H and O–H groups in total. The quantitative estimate of drug-likeness (QED) is 0.637. The summed E-state index contributed by atoms with van der Waals surface area (Å²) in [5, 5.41) is 14.5. The minimum atomic E-state index is -0.521. The second kappa shape index (κ2) is 4.66. The van der Waals surface area contributed by atoms with Gasteiger partial charge in [-0.1, -0.05) is 0 Å². The first kappa shape index (κ1) is 11.8. The van der Waals surface area contributed by atoms with Crippen LogP contribution in [0.4, 0.5) is 5.82 Å². The van der Waals surface area contributed by atoms with Crippen molar-refractivity contribution in [3.8, 4) is 0 Å². The van der Waals surface area contributed by atoms with Gasteiger partial charge < -0.3 is 14.7 Å². The zero-order valence-electron chi connectivity index (χ0n) is 9.08. The molecule has 2 rings (SSSR count). The van der Waals surface area contributed by atoms with E-state index in [2.05, 4.69) is 26.0 Å². The summed E-state index contributed by atoms with van der Waals surface area (Å²) in [6.45, 7) is 3.22. The lowest BCUT2D eigenvalue weighted by Gasteiger charge is -2.01. The van der Waals surface area contributed by atoms with E-state index in [1.54, 1.807) is 12.4 Å². The highest BCUT2D eigenvalue weighted by Gasteiger charge is 2.19. The summed E-state index contributed by atoms with van der Waals surface area (Å²) in [4.78, 5) is 14.3. The maximum absolute atomic E-state index is 10.6. The molecule has 0 aliphatic heterocycles. The summed E-state index contributed by atoms with van der Waals surface area (Å²) in [5.41, 5.74) is 0. The Morgan fingerprint density at radius 2 is 2.35 bits per heavy atom. The highest BCUT2D eigenvalue weighted by molar-refractivity contribution is 9.10. The summed E-state index contributed by atoms with van der Waals surface area (Å²) in [7, 11) is 0. The van der Waals surface area contributed by atoms with Crippen LogP contribution in [0.3, 0.4) is 0 Å². The molecule has 2 aromatic rings. The van der Waals surface area contributed by atoms with E-state index in [0.29, 0.717) is 11.0 Å². The maximum Gasteiger partial charge on any atom is 0.404 e. The lowest BCUT2D eigenvalue weighted by molar-refractivity contribution is -0.390. The fraction of sp³-hybridized carbons (Fsp3) is 0.333. The van der Waals surface area contributed by atoms with Crippen molar-refractivity contribution in [1.29, 1.82) is 0 Å². The van der Waals surface area contributed by atoms with Crippen LogP contribution in [0.2, 0.25) is 0 Å². The van der Waals surface area contributed by atoms with Crippen molar-refractivity contribution in [2.24, 2.45) is 0 Å². The third-order valence-electron chi connectivity index (χ3n) is 2.32. The first-order valence-corrected chi connectivity index (χ1v) is 5.78. The predicted octanol–water partition coefficient (Wildman–Crippen LogP) is 1.82. The van der Waals surface area contributed by atoms with E-state index in [9.17, 15) is 10.1 Å². The third kappa shape index (κ3) is 2.36. The molecule has 0 aliphatic rings. The van der Waals surface area contributed by atoms with Gasteiger partial charge in [0.1, 0.15) is 16.8 Å². The maximum atomic E-state index is 10.6. The molecule has 0 saturated heterocycles. The molecule has 0 aliphatic carbocycles. The lowest BCUT2D eigenvalue weighted by Crippen LogP contribution is -2.08. The largest absolute Gasteiger partial charge is 0.404 e. The van der Waals surface area contributed by atoms with Crippen LogP contribution < -0.4 is 0 Å². The fourth-order valence-corrected chi connectivity index (χ4v) is 1.98. The van der Waals surface area contributed by atoms with Gasteiger partial charge in [0.05, 0.1) is 11.3 Å². The Morgan fingerprint density at radius 3 is 2.94 bits per heavy atom. The van der Waals surface area contributed by atoms with Gasteiger partial charge in [0.2, 0.25) is 0 Å². The number of halogens is 1. The highest BCUT2D eigenvalue weighted by atomic mass is 79.9. The molecular weight excluding hydrogens is 290 g/mol. The highest BCUT2D eigenvalue weighted by Crippen LogP contribution is 2.22. The van der Waals surface area contributed by atoms with Crippen molar-refractivity contribution in [3.05, 3.63) is 39.0 Å². The molecule has 17 heavy (non-hydrogen) atoms. The number of nitrogens with zero attached hydrogens (tertiary/aromatic N) is 5. The van der Waals surface area contributed by atoms with Crippen molar-refractivity contribution in [2.45, 2.75) is 20.0 Å². The molecule has 0 unspecified atom stereocenters. The molecular formula is C9H10BrN5O2. The fourth-order valence-electron chi connectivity index (χ4n) is 1.52. The number of nitro groups is 1. The van der Waals surface area contributed by atoms with Gasteiger partial charge in [-0.25, -0.2) is 4.98 Å². The Balaban J connectivity index is 2.25. The number of aryl methyl sites for hydroxylation is 1. The SMILES string of the molecule is CCn1ccnc1Cn1cc(Br)c([N+](=O)[O-])n1. The average molecular weight is 300 g/mol. The first-order valence-electron chi connectivity index (χ1n) is 4.99. The molecule has 0 radical (unpaired) electrons. The molecule has 90 valence electrons. The van der Waals surface area contributed by atoms with E-state index in [-0.39, 0.29) is 5.82 Å². The van der Waals surface area contributed by atoms with Crippen LogP contribution in [0.5, 0.6) is 0 Å². The van der Waals surface area contributed by atoms with Gasteiger partial charge in [-0.2, -0.15) is 4.68 Å². The van der Waals surface area contributed by atoms with Gasteiger partial charge in [0.15, 0.2) is 0 Å². The van der Waals surface area contributed by atoms with Crippen molar-refractivity contribution in [3.63, 3.8) is 0 Å². The van der Waals surface area contributed by atoms with E-state index in [1.165, 1.54) is 4.68 Å². The summed E-state index contributed by atoms with van der Waals surface area (Å²) in [5.74, 6) is 0.636. The number of hydrogen-bond donors (Lipinski definition) is 0. The molecule has 0 saturated carbocycles. The van der Waals surface area contributed by atoms with E-state index in [4.69, 9.17) is 0 Å². The van der Waals surface area contributed by atoms with Gasteiger partial charge in [-0.15, -0.1) is 0 Å². The lowest BCUT2D eigenvalue weighted by atomic mass is 10.5. The van der Waals surface area contributed by atoms with E-state index in [1.807, 2.05) is 17.7 Å². The number of aromatic nitrogens is 4. The third-order valence-corrected chi connectivity index (χ3v) is 2.88. The van der Waals surface area contributed by atoms with Crippen LogP contribution in [0.25, 0.3) is 0 Å². The zero-order valence-corrected chi connectivity index (χ0v) is 10.7. The monoisotopic (exact) mass is 299 g/mol. The summed E-state index contributed by atoms with van der Waals surface area (Å²) in [6, 6.07) is 0. The second-order valence-electron chi connectivity index (χ2n) is 3.38. The van der Waals surface area contributed by atoms with E-state index in [0.717, 1.165) is 12.4 Å². The molecule has 0 atom stereocenters. The molecule has 0 spiro atoms. The molecule has 0 fully saturated rings. The van der Waals surface area contributed by atoms with Crippen LogP contribution in [0, 0.1) is 10.1 Å². The number of imidazole rings is 1. The topological polar surface area (TPSA) is 78.8 Å². The average Bonchev–Trinajstić information content (AvgIpc) is 2.85. The van der Waals surface area contributed by atoms with Crippen LogP contribution in [-0.4, -0.2) is 24.3 Å². The molecule has 0 amide bonds. The minimum absolute atomic E-state index is 0.181. The first-order chi connectivity index (χ1) is 8.11. The Morgan fingerprint density at radius 1 is 1.59 bits per heavy atom. The van der Waals surface area contributed by atoms with Crippen molar-refractivity contribution in [2.75, 3.05) is 0 Å². The van der Waals surface area contributed by atoms with Gasteiger partial charge in [-0.3, -0.25) is 0 Å². The Kier molecular flexibility index (Phi) is 3.23. The molecule has 7 nitrogen and oxygen atoms in total. The summed E-state index contributed by atoms with van der Waals surface area (Å²) >= 11 is 3.11. The Labute approximate surface area is 105 Å². The molecule has 2 aromatic heterocycles. The second-order valence-corrected chi connectivity index (χ2v) is 4.24. The Hall–Kier alpha value is -1.70. The van der Waals surface area contributed by atoms with Crippen molar-refractivity contribution < 1.29 is 4.92 Å². The van der Waals surface area contributed by atoms with Crippen LogP contribution in [0.15, 0.2) is 23.1 Å². The van der Waals surface area contributed by atoms with Crippen molar-refractivity contribution in [1.82, 2.24) is 19.3 Å². The summed E-state index contributed by atoms with van der Waals surface area (Å²) in [6.07, 6.45) is 5.14. The smallest absolute Gasteiger partial charge is 0.358 e. The van der Waals surface area contributed by atoms with Gasteiger partial charge in [0.25, 0.3) is 0 Å². The van der Waals surface area contributed by atoms with Crippen LogP contribution in [0.1, 0.15) is 12.7 Å². The van der Waals surface area contributed by atoms with Gasteiger partial charge in [0, 0.05) is 18.9 Å². The molecule has 0 bridgehead atoms. The molecule has 8 heteroatoms. The van der Waals surface area contributed by atoms with Gasteiger partial charge >= 0.3 is 5.82 Å². The van der Waals surface area contributed by atoms with Crippen LogP contribution >= 0.6 is 15.9 Å². The molecule has 2 heterocycles. The number of rotatable bonds is 4. The predicted molar refractivity (Wildman–Crippen MR) is 63.6 cm³/mol. The Bertz CT molecular complexity index is 547. The minimum Gasteiger partial charge on any atom is -0.358 e. The van der Waals surface area contributed by atoms with Gasteiger partial charge in [-0.05, 0) is 27.8 Å².